The molecule has 1 rings (SSSR count). The maximum Gasteiger partial charge on any atom is 0.339 e. The number of ether oxygens (including phenoxy) is 1. The van der Waals surface area contributed by atoms with E-state index in [1.807, 2.05) is 34.6 Å². The minimum absolute atomic E-state index is 0.320. The van der Waals surface area contributed by atoms with Gasteiger partial charge in [-0.25, -0.2) is 9.78 Å². The third-order valence-corrected chi connectivity index (χ3v) is 1.92. The molecule has 0 aliphatic heterocycles. The average molecular weight is 238 g/mol. The summed E-state index contributed by atoms with van der Waals surface area (Å²) in [6.07, 6.45) is 1.52. The Hall–Kier alpha value is -1.58. The van der Waals surface area contributed by atoms with Gasteiger partial charge in [-0.2, -0.15) is 0 Å². The summed E-state index contributed by atoms with van der Waals surface area (Å²) in [5, 5.41) is 3.19. The zero-order valence-corrected chi connectivity index (χ0v) is 11.5. The molecular weight excluding hydrogens is 216 g/mol. The van der Waals surface area contributed by atoms with Crippen molar-refractivity contribution in [1.29, 1.82) is 0 Å². The number of aromatic nitrogens is 1. The van der Waals surface area contributed by atoms with Crippen LogP contribution in [0, 0.1) is 6.92 Å². The lowest BCUT2D eigenvalue weighted by atomic mass is 10.2. The first kappa shape index (κ1) is 15.4. The minimum atomic E-state index is -0.360. The molecule has 1 aromatic heterocycles. The van der Waals surface area contributed by atoms with E-state index in [1.165, 1.54) is 13.3 Å². The highest BCUT2D eigenvalue weighted by Gasteiger charge is 2.08. The number of pyridine rings is 1. The molecule has 1 heterocycles. The Labute approximate surface area is 103 Å². The van der Waals surface area contributed by atoms with Gasteiger partial charge in [0.2, 0.25) is 0 Å². The molecule has 0 aliphatic carbocycles. The van der Waals surface area contributed by atoms with Gasteiger partial charge in [-0.15, -0.1) is 0 Å². The highest BCUT2D eigenvalue weighted by molar-refractivity contribution is 5.89. The normalized spacial score (nSPS) is 9.35. The molecule has 4 heteroatoms. The number of anilines is 1. The molecule has 0 unspecified atom stereocenters. The van der Waals surface area contributed by atoms with Gasteiger partial charge in [-0.3, -0.25) is 0 Å². The van der Waals surface area contributed by atoms with E-state index in [0.717, 1.165) is 11.4 Å². The number of carbonyl (C=O) groups excluding carboxylic acids is 1. The second kappa shape index (κ2) is 7.65. The molecule has 0 aliphatic rings. The maximum absolute atomic E-state index is 11.2. The first-order valence-electron chi connectivity index (χ1n) is 5.86. The number of esters is 1. The van der Waals surface area contributed by atoms with Crippen molar-refractivity contribution in [3.05, 3.63) is 23.4 Å². The number of hydrogen-bond acceptors (Lipinski definition) is 4. The van der Waals surface area contributed by atoms with Crippen LogP contribution in [0.4, 0.5) is 5.82 Å². The molecule has 0 amide bonds. The van der Waals surface area contributed by atoms with Crippen molar-refractivity contribution in [3.8, 4) is 0 Å². The molecule has 1 N–H and O–H groups in total. The van der Waals surface area contributed by atoms with Gasteiger partial charge in [-0.1, -0.05) is 13.8 Å². The number of methoxy groups -OCH3 is 1. The number of nitrogens with one attached hydrogen (secondary N) is 1. The topological polar surface area (TPSA) is 51.2 Å². The summed E-state index contributed by atoms with van der Waals surface area (Å²) in [5.41, 5.74) is 1.41. The zero-order chi connectivity index (χ0) is 13.4. The van der Waals surface area contributed by atoms with Crippen LogP contribution in [0.3, 0.4) is 0 Å². The van der Waals surface area contributed by atoms with Crippen LogP contribution in [0.25, 0.3) is 0 Å². The number of aryl methyl sites for hydroxylation is 1. The van der Waals surface area contributed by atoms with E-state index in [1.54, 1.807) is 6.07 Å². The molecule has 0 radical (unpaired) electrons. The Bertz CT molecular complexity index is 362. The summed E-state index contributed by atoms with van der Waals surface area (Å²) in [6.45, 7) is 9.98. The van der Waals surface area contributed by atoms with E-state index in [2.05, 4.69) is 15.0 Å². The summed E-state index contributed by atoms with van der Waals surface area (Å²) in [7, 11) is 1.36. The Kier molecular flexibility index (Phi) is 6.94. The lowest BCUT2D eigenvalue weighted by Gasteiger charge is -2.11. The average Bonchev–Trinajstić information content (AvgIpc) is 2.33. The first-order chi connectivity index (χ1) is 8.04. The minimum Gasteiger partial charge on any atom is -0.465 e. The van der Waals surface area contributed by atoms with Crippen LogP contribution in [-0.4, -0.2) is 24.1 Å². The number of hydrogen-bond donors (Lipinski definition) is 1. The molecular formula is C13H22N2O2. The molecule has 4 nitrogen and oxygen atoms in total. The molecule has 0 bridgehead atoms. The van der Waals surface area contributed by atoms with Crippen LogP contribution >= 0.6 is 0 Å². The van der Waals surface area contributed by atoms with Gasteiger partial charge >= 0.3 is 5.97 Å². The molecule has 96 valence electrons. The Morgan fingerprint density at radius 3 is 2.41 bits per heavy atom. The number of carbonyl (C=O) groups is 1. The van der Waals surface area contributed by atoms with E-state index in [0.29, 0.717) is 11.6 Å². The third kappa shape index (κ3) is 4.85. The van der Waals surface area contributed by atoms with Gasteiger partial charge in [0, 0.05) is 12.2 Å². The highest BCUT2D eigenvalue weighted by atomic mass is 16.5. The van der Waals surface area contributed by atoms with Crippen molar-refractivity contribution in [2.45, 2.75) is 40.7 Å². The van der Waals surface area contributed by atoms with E-state index in [4.69, 9.17) is 0 Å². The monoisotopic (exact) mass is 238 g/mol. The maximum atomic E-state index is 11.2. The molecule has 1 aromatic rings. The highest BCUT2D eigenvalue weighted by Crippen LogP contribution is 2.14. The molecule has 0 fully saturated rings. The smallest absolute Gasteiger partial charge is 0.339 e. The fourth-order valence-electron chi connectivity index (χ4n) is 1.23. The van der Waals surface area contributed by atoms with Crippen molar-refractivity contribution in [3.63, 3.8) is 0 Å². The summed E-state index contributed by atoms with van der Waals surface area (Å²) in [5.74, 6) is 0.444. The van der Waals surface area contributed by atoms with Crippen molar-refractivity contribution in [1.82, 2.24) is 4.98 Å². The van der Waals surface area contributed by atoms with Gasteiger partial charge in [-0.05, 0) is 32.4 Å². The van der Waals surface area contributed by atoms with E-state index < -0.39 is 0 Å². The van der Waals surface area contributed by atoms with Gasteiger partial charge in [0.25, 0.3) is 0 Å². The van der Waals surface area contributed by atoms with Gasteiger partial charge in [0.1, 0.15) is 5.82 Å². The predicted octanol–water partition coefficient (Wildman–Crippen LogP) is 3.02. The molecule has 0 spiro atoms. The quantitative estimate of drug-likeness (QED) is 0.822. The fraction of sp³-hybridized carbons (Fsp3) is 0.538. The molecule has 0 aromatic carbocycles. The van der Waals surface area contributed by atoms with Crippen LogP contribution in [0.2, 0.25) is 0 Å². The number of rotatable bonds is 3. The van der Waals surface area contributed by atoms with Crippen LogP contribution in [0.5, 0.6) is 0 Å². The van der Waals surface area contributed by atoms with Crippen LogP contribution in [0.15, 0.2) is 12.3 Å². The Balaban J connectivity index is 0.00000121. The van der Waals surface area contributed by atoms with Crippen LogP contribution in [-0.2, 0) is 4.74 Å². The van der Waals surface area contributed by atoms with Crippen molar-refractivity contribution >= 4 is 11.8 Å². The van der Waals surface area contributed by atoms with Gasteiger partial charge in [0.15, 0.2) is 0 Å². The molecule has 0 saturated carbocycles. The van der Waals surface area contributed by atoms with Crippen molar-refractivity contribution in [2.24, 2.45) is 0 Å². The summed E-state index contributed by atoms with van der Waals surface area (Å²) < 4.78 is 4.61. The van der Waals surface area contributed by atoms with E-state index >= 15 is 0 Å². The van der Waals surface area contributed by atoms with E-state index in [-0.39, 0.29) is 5.97 Å². The summed E-state index contributed by atoms with van der Waals surface area (Å²) >= 11 is 0. The Morgan fingerprint density at radius 1 is 1.41 bits per heavy atom. The fourth-order valence-corrected chi connectivity index (χ4v) is 1.23. The standard InChI is InChI=1S/C11H16N2O2.C2H6/c1-7(2)13-10-8(3)5-9(6-12-10)11(14)15-4;1-2/h5-7H,1-4H3,(H,12,13);1-2H3. The molecule has 0 saturated heterocycles. The molecule has 17 heavy (non-hydrogen) atoms. The summed E-state index contributed by atoms with van der Waals surface area (Å²) in [6, 6.07) is 2.09. The SMILES string of the molecule is CC.COC(=O)c1cnc(NC(C)C)c(C)c1. The van der Waals surface area contributed by atoms with Gasteiger partial charge < -0.3 is 10.1 Å². The lowest BCUT2D eigenvalue weighted by molar-refractivity contribution is 0.0600. The Morgan fingerprint density at radius 2 is 2.00 bits per heavy atom. The third-order valence-electron chi connectivity index (χ3n) is 1.92. The summed E-state index contributed by atoms with van der Waals surface area (Å²) in [4.78, 5) is 15.4. The lowest BCUT2D eigenvalue weighted by Crippen LogP contribution is -2.13. The van der Waals surface area contributed by atoms with Crippen molar-refractivity contribution < 1.29 is 9.53 Å². The molecule has 0 atom stereocenters. The number of nitrogens with zero attached hydrogens (tertiary/aromatic N) is 1. The van der Waals surface area contributed by atoms with Crippen molar-refractivity contribution in [2.75, 3.05) is 12.4 Å². The zero-order valence-electron chi connectivity index (χ0n) is 11.5. The van der Waals surface area contributed by atoms with Crippen LogP contribution < -0.4 is 5.32 Å². The largest absolute Gasteiger partial charge is 0.465 e. The first-order valence-corrected chi connectivity index (χ1v) is 5.86. The van der Waals surface area contributed by atoms with E-state index in [9.17, 15) is 4.79 Å². The predicted molar refractivity (Wildman–Crippen MR) is 70.4 cm³/mol. The second-order valence-electron chi connectivity index (χ2n) is 3.68. The van der Waals surface area contributed by atoms with Crippen LogP contribution in [0.1, 0.15) is 43.6 Å². The second-order valence-corrected chi connectivity index (χ2v) is 3.68. The van der Waals surface area contributed by atoms with Gasteiger partial charge in [0.05, 0.1) is 12.7 Å².